The number of H-pyrrole nitrogens is 1. The van der Waals surface area contributed by atoms with Gasteiger partial charge in [0.1, 0.15) is 6.10 Å². The first-order valence-electron chi connectivity index (χ1n) is 13.2. The number of aromatic amines is 1. The smallest absolute Gasteiger partial charge is 0.280 e. The molecule has 0 radical (unpaired) electrons. The van der Waals surface area contributed by atoms with Crippen LogP contribution in [0, 0.1) is 23.2 Å². The van der Waals surface area contributed by atoms with Gasteiger partial charge in [-0.05, 0) is 34.1 Å². The number of rotatable bonds is 12. The van der Waals surface area contributed by atoms with E-state index in [1.165, 1.54) is 6.33 Å². The highest BCUT2D eigenvalue weighted by atomic mass is 31.2. The van der Waals surface area contributed by atoms with E-state index < -0.39 is 26.4 Å². The van der Waals surface area contributed by atoms with Crippen molar-refractivity contribution in [2.24, 2.45) is 11.8 Å². The minimum atomic E-state index is -1.53. The van der Waals surface area contributed by atoms with Gasteiger partial charge in [-0.1, -0.05) is 27.7 Å². The van der Waals surface area contributed by atoms with E-state index in [0.717, 1.165) is 6.42 Å². The number of fused-ring (bicyclic) bond motifs is 1. The predicted molar refractivity (Wildman–Crippen MR) is 145 cm³/mol. The number of imidazole rings is 1. The van der Waals surface area contributed by atoms with Crippen LogP contribution in [0.15, 0.2) is 11.1 Å². The molecule has 5 unspecified atom stereocenters. The summed E-state index contributed by atoms with van der Waals surface area (Å²) in [7, 11) is -1.53. The second kappa shape index (κ2) is 13.1. The third-order valence-corrected chi connectivity index (χ3v) is 8.58. The molecule has 1 aliphatic rings. The molecule has 38 heavy (non-hydrogen) atoms. The largest absolute Gasteiger partial charge is 0.352 e. The van der Waals surface area contributed by atoms with Crippen LogP contribution in [0.5, 0.6) is 0 Å². The van der Waals surface area contributed by atoms with Gasteiger partial charge in [0.25, 0.3) is 14.1 Å². The van der Waals surface area contributed by atoms with Crippen LogP contribution >= 0.6 is 8.53 Å². The van der Waals surface area contributed by atoms with Crippen molar-refractivity contribution in [1.82, 2.24) is 24.2 Å². The van der Waals surface area contributed by atoms with E-state index >= 15 is 0 Å². The topological polar surface area (TPSA) is 147 Å². The Balaban J connectivity index is 2.02. The summed E-state index contributed by atoms with van der Waals surface area (Å²) in [6.07, 6.45) is 1.36. The van der Waals surface area contributed by atoms with Gasteiger partial charge < -0.3 is 13.8 Å². The van der Waals surface area contributed by atoms with Gasteiger partial charge in [0.15, 0.2) is 17.4 Å². The highest BCUT2D eigenvalue weighted by Crippen LogP contribution is 2.52. The SMILES string of the molecule is CCC1OC(n2cnc3c(=O)[nH]c(NC(=O)C(C)C)nc32)C(OP(OCCC#N)N(C(C)C)C(C)C)C1C. The lowest BCUT2D eigenvalue weighted by Gasteiger charge is -2.38. The molecule has 0 saturated carbocycles. The number of anilines is 1. The predicted octanol–water partition coefficient (Wildman–Crippen LogP) is 4.32. The van der Waals surface area contributed by atoms with Crippen molar-refractivity contribution in [1.29, 1.82) is 5.26 Å². The highest BCUT2D eigenvalue weighted by molar-refractivity contribution is 7.44. The number of nitrogens with one attached hydrogen (secondary N) is 2. The fourth-order valence-corrected chi connectivity index (χ4v) is 6.33. The fraction of sp³-hybridized carbons (Fsp3) is 0.720. The van der Waals surface area contributed by atoms with Gasteiger partial charge in [-0.2, -0.15) is 10.2 Å². The van der Waals surface area contributed by atoms with E-state index in [1.807, 2.05) is 0 Å². The maximum absolute atomic E-state index is 12.8. The lowest BCUT2D eigenvalue weighted by atomic mass is 9.99. The molecular weight excluding hydrogens is 509 g/mol. The van der Waals surface area contributed by atoms with Crippen LogP contribution in [-0.4, -0.2) is 61.0 Å². The average Bonchev–Trinajstić information content (AvgIpc) is 3.39. The van der Waals surface area contributed by atoms with E-state index in [4.69, 9.17) is 19.0 Å². The van der Waals surface area contributed by atoms with Gasteiger partial charge in [-0.25, -0.2) is 9.65 Å². The molecule has 2 N–H and O–H groups in total. The van der Waals surface area contributed by atoms with Crippen LogP contribution in [0.4, 0.5) is 5.95 Å². The molecule has 2 aromatic heterocycles. The molecule has 5 atom stereocenters. The molecule has 1 aliphatic heterocycles. The van der Waals surface area contributed by atoms with E-state index in [2.05, 4.69) is 72.6 Å². The normalized spacial score (nSPS) is 22.6. The van der Waals surface area contributed by atoms with Crippen LogP contribution in [0.1, 0.15) is 74.5 Å². The lowest BCUT2D eigenvalue weighted by Crippen LogP contribution is -2.36. The van der Waals surface area contributed by atoms with Gasteiger partial charge >= 0.3 is 0 Å². The highest BCUT2D eigenvalue weighted by Gasteiger charge is 2.46. The van der Waals surface area contributed by atoms with Gasteiger partial charge in [0, 0.05) is 23.9 Å². The van der Waals surface area contributed by atoms with Crippen molar-refractivity contribution in [3.63, 3.8) is 0 Å². The molecule has 3 heterocycles. The van der Waals surface area contributed by atoms with E-state index in [9.17, 15) is 9.59 Å². The Morgan fingerprint density at radius 3 is 2.58 bits per heavy atom. The van der Waals surface area contributed by atoms with E-state index in [0.29, 0.717) is 0 Å². The fourth-order valence-electron chi connectivity index (χ4n) is 4.52. The Morgan fingerprint density at radius 2 is 2.00 bits per heavy atom. The number of aromatic nitrogens is 4. The monoisotopic (exact) mass is 549 g/mol. The summed E-state index contributed by atoms with van der Waals surface area (Å²) < 4.78 is 23.2. The van der Waals surface area contributed by atoms with Crippen molar-refractivity contribution >= 4 is 31.5 Å². The molecule has 3 rings (SSSR count). The Kier molecular flexibility index (Phi) is 10.4. The minimum absolute atomic E-state index is 0.00435. The van der Waals surface area contributed by atoms with Gasteiger partial charge in [0.05, 0.1) is 31.5 Å². The summed E-state index contributed by atoms with van der Waals surface area (Å²) in [5, 5.41) is 11.7. The van der Waals surface area contributed by atoms with Crippen molar-refractivity contribution in [3.05, 3.63) is 16.7 Å². The molecule has 1 saturated heterocycles. The zero-order valence-electron chi connectivity index (χ0n) is 23.5. The Hall–Kier alpha value is -2.42. The molecule has 0 bridgehead atoms. The molecule has 1 fully saturated rings. The molecular formula is C25H40N7O5P. The number of hydrogen-bond donors (Lipinski definition) is 2. The molecule has 2 aromatic rings. The van der Waals surface area contributed by atoms with E-state index in [-0.39, 0.29) is 66.1 Å². The molecule has 0 spiro atoms. The second-order valence-electron chi connectivity index (χ2n) is 10.3. The van der Waals surface area contributed by atoms with Gasteiger partial charge in [0.2, 0.25) is 11.9 Å². The zero-order valence-corrected chi connectivity index (χ0v) is 24.4. The van der Waals surface area contributed by atoms with Crippen LogP contribution in [0.2, 0.25) is 0 Å². The van der Waals surface area contributed by atoms with Crippen LogP contribution in [-0.2, 0) is 18.6 Å². The maximum atomic E-state index is 12.8. The Bertz CT molecular complexity index is 1180. The van der Waals surface area contributed by atoms with Gasteiger partial charge in [-0.15, -0.1) is 0 Å². The maximum Gasteiger partial charge on any atom is 0.280 e. The average molecular weight is 550 g/mol. The Morgan fingerprint density at radius 1 is 1.32 bits per heavy atom. The number of nitriles is 1. The third kappa shape index (κ3) is 6.58. The van der Waals surface area contributed by atoms with E-state index in [1.54, 1.807) is 18.4 Å². The molecule has 12 nitrogen and oxygen atoms in total. The summed E-state index contributed by atoms with van der Waals surface area (Å²) >= 11 is 0. The van der Waals surface area contributed by atoms with Crippen LogP contribution in [0.3, 0.4) is 0 Å². The number of hydrogen-bond acceptors (Lipinski definition) is 9. The first-order chi connectivity index (χ1) is 18.0. The summed E-state index contributed by atoms with van der Waals surface area (Å²) in [4.78, 5) is 36.4. The molecule has 210 valence electrons. The van der Waals surface area contributed by atoms with Crippen molar-refractivity contribution in [2.45, 2.75) is 98.8 Å². The quantitative estimate of drug-likeness (QED) is 0.292. The standard InChI is InChI=1S/C25H40N7O5P/c1-9-18-17(8)20(37-38(35-12-10-11-26)32(15(4)5)16(6)7)24(36-18)31-13-27-19-21(31)28-25(30-23(19)34)29-22(33)14(2)3/h13-18,20,24H,9-10,12H2,1-8H3,(H2,28,29,30,33,34). The lowest BCUT2D eigenvalue weighted by molar-refractivity contribution is -0.118. The van der Waals surface area contributed by atoms with Crippen molar-refractivity contribution in [2.75, 3.05) is 11.9 Å². The summed E-state index contributed by atoms with van der Waals surface area (Å²) in [5.41, 5.74) is -0.0353. The summed E-state index contributed by atoms with van der Waals surface area (Å²) in [5.74, 6) is -0.506. The first-order valence-corrected chi connectivity index (χ1v) is 14.3. The Labute approximate surface area is 225 Å². The zero-order chi connectivity index (χ0) is 28.1. The number of carbonyl (C=O) groups is 1. The molecule has 0 aliphatic carbocycles. The number of ether oxygens (including phenoxy) is 1. The summed E-state index contributed by atoms with van der Waals surface area (Å²) in [6.45, 7) is 16.2. The van der Waals surface area contributed by atoms with Crippen LogP contribution < -0.4 is 10.9 Å². The van der Waals surface area contributed by atoms with Gasteiger partial charge in [-0.3, -0.25) is 24.5 Å². The first kappa shape index (κ1) is 30.1. The van der Waals surface area contributed by atoms with Crippen molar-refractivity contribution in [3.8, 4) is 6.07 Å². The number of nitrogens with zero attached hydrogens (tertiary/aromatic N) is 5. The number of carbonyl (C=O) groups excluding carboxylic acids is 1. The third-order valence-electron chi connectivity index (χ3n) is 6.45. The minimum Gasteiger partial charge on any atom is -0.352 e. The summed E-state index contributed by atoms with van der Waals surface area (Å²) in [6, 6.07) is 2.41. The molecule has 1 amide bonds. The van der Waals surface area contributed by atoms with Crippen LogP contribution in [0.25, 0.3) is 11.2 Å². The van der Waals surface area contributed by atoms with Crippen molar-refractivity contribution < 1.29 is 18.6 Å². The molecule has 0 aromatic carbocycles. The molecule has 13 heteroatoms. The second-order valence-corrected chi connectivity index (χ2v) is 11.7. The number of amides is 1.